The lowest BCUT2D eigenvalue weighted by molar-refractivity contribution is 0.0995. The molecule has 0 aliphatic carbocycles. The highest BCUT2D eigenvalue weighted by molar-refractivity contribution is 9.11. The second kappa shape index (κ2) is 4.86. The Morgan fingerprint density at radius 3 is 2.83 bits per heavy atom. The summed E-state index contributed by atoms with van der Waals surface area (Å²) in [5.41, 5.74) is 5.69. The molecule has 3 N–H and O–H groups in total. The van der Waals surface area contributed by atoms with Crippen LogP contribution in [0.15, 0.2) is 15.5 Å². The molecule has 18 heavy (non-hydrogen) atoms. The average molecular weight is 330 g/mol. The third-order valence-electron chi connectivity index (χ3n) is 2.02. The molecular weight excluding hydrogens is 322 g/mol. The number of rotatable bonds is 3. The van der Waals surface area contributed by atoms with Gasteiger partial charge < -0.3 is 11.1 Å². The Labute approximate surface area is 114 Å². The summed E-state index contributed by atoms with van der Waals surface area (Å²) in [6.07, 6.45) is 1.50. The maximum atomic E-state index is 11.8. The van der Waals surface area contributed by atoms with Crippen LogP contribution in [0.3, 0.4) is 0 Å². The zero-order chi connectivity index (χ0) is 13.3. The lowest BCUT2D eigenvalue weighted by Crippen LogP contribution is -2.18. The van der Waals surface area contributed by atoms with Crippen LogP contribution in [-0.2, 0) is 7.05 Å². The number of aromatic nitrogens is 3. The van der Waals surface area contributed by atoms with E-state index in [0.717, 1.165) is 0 Å². The Morgan fingerprint density at radius 2 is 2.28 bits per heavy atom. The molecule has 2 heterocycles. The molecule has 0 aliphatic rings. The molecule has 0 fully saturated rings. The third kappa shape index (κ3) is 2.57. The second-order valence-electron chi connectivity index (χ2n) is 3.37. The van der Waals surface area contributed by atoms with E-state index < -0.39 is 11.8 Å². The van der Waals surface area contributed by atoms with Gasteiger partial charge in [-0.05, 0) is 15.9 Å². The number of hydrogen-bond acceptors (Lipinski definition) is 5. The minimum atomic E-state index is -0.703. The summed E-state index contributed by atoms with van der Waals surface area (Å²) in [7, 11) is 1.63. The molecule has 0 aromatic carbocycles. The van der Waals surface area contributed by atoms with Crippen LogP contribution in [-0.4, -0.2) is 26.6 Å². The van der Waals surface area contributed by atoms with E-state index in [9.17, 15) is 9.59 Å². The highest BCUT2D eigenvalue weighted by Gasteiger charge is 2.17. The molecule has 7 nitrogen and oxygen atoms in total. The van der Waals surface area contributed by atoms with Crippen LogP contribution < -0.4 is 11.1 Å². The fourth-order valence-corrected chi connectivity index (χ4v) is 2.30. The van der Waals surface area contributed by atoms with Crippen molar-refractivity contribution in [2.75, 3.05) is 5.32 Å². The number of anilines is 1. The molecule has 2 amide bonds. The number of carbonyl (C=O) groups is 2. The van der Waals surface area contributed by atoms with Crippen molar-refractivity contribution >= 4 is 44.8 Å². The first-order chi connectivity index (χ1) is 8.47. The normalized spacial score (nSPS) is 10.3. The van der Waals surface area contributed by atoms with Crippen LogP contribution in [0.2, 0.25) is 0 Å². The highest BCUT2D eigenvalue weighted by atomic mass is 79.9. The smallest absolute Gasteiger partial charge is 0.275 e. The van der Waals surface area contributed by atoms with Gasteiger partial charge in [0.25, 0.3) is 11.8 Å². The van der Waals surface area contributed by atoms with E-state index in [4.69, 9.17) is 5.73 Å². The summed E-state index contributed by atoms with van der Waals surface area (Å²) in [6, 6.07) is 0. The number of hydrogen-bond donors (Lipinski definition) is 2. The molecule has 94 valence electrons. The zero-order valence-corrected chi connectivity index (χ0v) is 11.6. The first-order valence-electron chi connectivity index (χ1n) is 4.73. The van der Waals surface area contributed by atoms with Crippen molar-refractivity contribution < 1.29 is 9.59 Å². The number of primary amides is 1. The van der Waals surface area contributed by atoms with Crippen molar-refractivity contribution in [3.8, 4) is 0 Å². The monoisotopic (exact) mass is 329 g/mol. The van der Waals surface area contributed by atoms with E-state index in [1.807, 2.05) is 0 Å². The molecule has 2 aromatic rings. The Balaban J connectivity index is 2.24. The lowest BCUT2D eigenvalue weighted by Gasteiger charge is -2.00. The van der Waals surface area contributed by atoms with Crippen LogP contribution in [0.1, 0.15) is 21.0 Å². The Morgan fingerprint density at radius 1 is 1.56 bits per heavy atom. The number of nitrogens with one attached hydrogen (secondary N) is 1. The average Bonchev–Trinajstić information content (AvgIpc) is 2.85. The van der Waals surface area contributed by atoms with Gasteiger partial charge in [0.05, 0.1) is 5.69 Å². The first kappa shape index (κ1) is 12.7. The largest absolute Gasteiger partial charge is 0.364 e. The van der Waals surface area contributed by atoms with Crippen molar-refractivity contribution in [1.29, 1.82) is 0 Å². The number of amides is 2. The summed E-state index contributed by atoms with van der Waals surface area (Å²) in [4.78, 5) is 26.9. The number of halogens is 1. The minimum absolute atomic E-state index is 0.0140. The van der Waals surface area contributed by atoms with Crippen molar-refractivity contribution in [1.82, 2.24) is 14.8 Å². The van der Waals surface area contributed by atoms with E-state index in [2.05, 4.69) is 31.3 Å². The second-order valence-corrected chi connectivity index (χ2v) is 5.50. The quantitative estimate of drug-likeness (QED) is 0.876. The molecule has 9 heteroatoms. The topological polar surface area (TPSA) is 103 Å². The lowest BCUT2D eigenvalue weighted by atomic mass is 10.3. The maximum absolute atomic E-state index is 11.8. The van der Waals surface area contributed by atoms with Gasteiger partial charge in [-0.2, -0.15) is 5.10 Å². The van der Waals surface area contributed by atoms with Gasteiger partial charge in [0.1, 0.15) is 5.69 Å². The zero-order valence-electron chi connectivity index (χ0n) is 9.18. The van der Waals surface area contributed by atoms with Crippen molar-refractivity contribution in [3.63, 3.8) is 0 Å². The number of aryl methyl sites for hydroxylation is 1. The van der Waals surface area contributed by atoms with Crippen molar-refractivity contribution in [3.05, 3.63) is 26.9 Å². The fourth-order valence-electron chi connectivity index (χ4n) is 1.30. The Kier molecular flexibility index (Phi) is 3.43. The maximum Gasteiger partial charge on any atom is 0.275 e. The van der Waals surface area contributed by atoms with E-state index in [1.54, 1.807) is 12.4 Å². The van der Waals surface area contributed by atoms with Crippen molar-refractivity contribution in [2.45, 2.75) is 0 Å². The van der Waals surface area contributed by atoms with Crippen molar-refractivity contribution in [2.24, 2.45) is 12.8 Å². The molecular formula is C9H8BrN5O2S. The molecule has 0 unspecified atom stereocenters. The standard InChI is InChI=1S/C9H8BrN5O2S/c1-15-2-4(6(14-15)7(11)16)12-8(17)5-3-18-9(10)13-5/h2-3H,1H3,(H2,11,16)(H,12,17). The first-order valence-corrected chi connectivity index (χ1v) is 6.40. The molecule has 2 rings (SSSR count). The van der Waals surface area contributed by atoms with Gasteiger partial charge in [-0.1, -0.05) is 0 Å². The van der Waals surface area contributed by atoms with E-state index in [0.29, 0.717) is 3.92 Å². The molecule has 0 bridgehead atoms. The summed E-state index contributed by atoms with van der Waals surface area (Å²) in [6.45, 7) is 0. The van der Waals surface area contributed by atoms with Crippen LogP contribution in [0.25, 0.3) is 0 Å². The van der Waals surface area contributed by atoms with E-state index >= 15 is 0 Å². The van der Waals surface area contributed by atoms with Gasteiger partial charge in [-0.3, -0.25) is 14.3 Å². The fraction of sp³-hybridized carbons (Fsp3) is 0.111. The Bertz CT molecular complexity index is 620. The van der Waals surface area contributed by atoms with Crippen LogP contribution in [0.4, 0.5) is 5.69 Å². The number of carbonyl (C=O) groups excluding carboxylic acids is 2. The van der Waals surface area contributed by atoms with Gasteiger partial charge in [0.2, 0.25) is 0 Å². The highest BCUT2D eigenvalue weighted by Crippen LogP contribution is 2.18. The summed E-state index contributed by atoms with van der Waals surface area (Å²) < 4.78 is 2.00. The summed E-state index contributed by atoms with van der Waals surface area (Å²) in [5.74, 6) is -1.13. The third-order valence-corrected chi connectivity index (χ3v) is 3.38. The molecule has 0 radical (unpaired) electrons. The predicted molar refractivity (Wildman–Crippen MR) is 69.5 cm³/mol. The van der Waals surface area contributed by atoms with Crippen LogP contribution in [0, 0.1) is 0 Å². The van der Waals surface area contributed by atoms with Crippen LogP contribution in [0.5, 0.6) is 0 Å². The SMILES string of the molecule is Cn1cc(NC(=O)c2csc(Br)n2)c(C(N)=O)n1. The molecule has 0 saturated carbocycles. The molecule has 0 spiro atoms. The Hall–Kier alpha value is -1.74. The van der Waals surface area contributed by atoms with Gasteiger partial charge in [0.15, 0.2) is 9.61 Å². The molecule has 0 saturated heterocycles. The molecule has 0 aliphatic heterocycles. The molecule has 0 atom stereocenters. The van der Waals surface area contributed by atoms with Gasteiger partial charge in [-0.15, -0.1) is 11.3 Å². The minimum Gasteiger partial charge on any atom is -0.364 e. The number of nitrogens with two attached hydrogens (primary N) is 1. The predicted octanol–water partition coefficient (Wildman–Crippen LogP) is 0.990. The van der Waals surface area contributed by atoms with Gasteiger partial charge in [-0.25, -0.2) is 4.98 Å². The van der Waals surface area contributed by atoms with Gasteiger partial charge >= 0.3 is 0 Å². The summed E-state index contributed by atoms with van der Waals surface area (Å²) in [5, 5.41) is 8.00. The summed E-state index contributed by atoms with van der Waals surface area (Å²) >= 11 is 4.46. The number of thiazole rings is 1. The number of nitrogens with zero attached hydrogens (tertiary/aromatic N) is 3. The van der Waals surface area contributed by atoms with E-state index in [1.165, 1.54) is 22.2 Å². The van der Waals surface area contributed by atoms with E-state index in [-0.39, 0.29) is 17.1 Å². The van der Waals surface area contributed by atoms with Crippen LogP contribution >= 0.6 is 27.3 Å². The molecule has 2 aromatic heterocycles. The van der Waals surface area contributed by atoms with Gasteiger partial charge in [0, 0.05) is 18.6 Å².